The average Bonchev–Trinajstić information content (AvgIpc) is 2.10. The summed E-state index contributed by atoms with van der Waals surface area (Å²) in [7, 11) is -2.86. The van der Waals surface area contributed by atoms with Crippen LogP contribution in [0, 0.1) is 6.92 Å². The Bertz CT molecular complexity index is 352. The molecular formula is C6H9NO3S. The highest BCUT2D eigenvalue weighted by atomic mass is 32.2. The summed E-state index contributed by atoms with van der Waals surface area (Å²) >= 11 is 0. The van der Waals surface area contributed by atoms with Crippen LogP contribution in [0.25, 0.3) is 0 Å². The molecule has 0 bridgehead atoms. The molecular weight excluding hydrogens is 166 g/mol. The van der Waals surface area contributed by atoms with Gasteiger partial charge in [-0.3, -0.25) is 0 Å². The predicted octanol–water partition coefficient (Wildman–Crippen LogP) is 0.521. The zero-order chi connectivity index (χ0) is 8.48. The van der Waals surface area contributed by atoms with E-state index in [1.165, 1.54) is 17.9 Å². The fourth-order valence-corrected chi connectivity index (χ4v) is 1.21. The summed E-state index contributed by atoms with van der Waals surface area (Å²) in [6.45, 7) is 1.67. The molecule has 0 aromatic carbocycles. The van der Waals surface area contributed by atoms with E-state index in [0.29, 0.717) is 11.6 Å². The second-order valence-electron chi connectivity index (χ2n) is 2.27. The number of aromatic nitrogens is 1. The minimum absolute atomic E-state index is 0.400. The van der Waals surface area contributed by atoms with Crippen molar-refractivity contribution in [1.82, 2.24) is 4.98 Å². The summed E-state index contributed by atoms with van der Waals surface area (Å²) in [5.74, 6) is 0.486. The van der Waals surface area contributed by atoms with Gasteiger partial charge in [0.25, 0.3) is 0 Å². The maximum atomic E-state index is 10.8. The maximum Gasteiger partial charge on any atom is 0.191 e. The van der Waals surface area contributed by atoms with Crippen molar-refractivity contribution in [2.75, 3.05) is 6.26 Å². The zero-order valence-electron chi connectivity index (χ0n) is 6.27. The standard InChI is InChI=1S/C6H9NO3S/c1-5-7-6(3-10-5)4-11(2,8)9/h3-4H,1-2H3,(H,8,9). The average molecular weight is 175 g/mol. The van der Waals surface area contributed by atoms with E-state index in [4.69, 9.17) is 8.97 Å². The summed E-state index contributed by atoms with van der Waals surface area (Å²) in [4.78, 5) is 3.83. The van der Waals surface area contributed by atoms with Crippen molar-refractivity contribution in [3.63, 3.8) is 0 Å². The largest absolute Gasteiger partial charge is 0.449 e. The van der Waals surface area contributed by atoms with E-state index in [-0.39, 0.29) is 0 Å². The Balaban J connectivity index is 3.07. The first-order valence-corrected chi connectivity index (χ1v) is 4.94. The number of oxazole rings is 1. The van der Waals surface area contributed by atoms with Crippen molar-refractivity contribution >= 4 is 15.2 Å². The smallest absolute Gasteiger partial charge is 0.191 e. The van der Waals surface area contributed by atoms with Gasteiger partial charge in [-0.2, -0.15) is 0 Å². The lowest BCUT2D eigenvalue weighted by Crippen LogP contribution is -1.99. The van der Waals surface area contributed by atoms with Crippen LogP contribution in [0.3, 0.4) is 0 Å². The Hall–Kier alpha value is -0.810. The Morgan fingerprint density at radius 1 is 1.82 bits per heavy atom. The molecule has 4 nitrogen and oxygen atoms in total. The third-order valence-electron chi connectivity index (χ3n) is 0.976. The van der Waals surface area contributed by atoms with Crippen molar-refractivity contribution in [3.05, 3.63) is 17.8 Å². The molecule has 1 unspecified atom stereocenters. The van der Waals surface area contributed by atoms with Gasteiger partial charge >= 0.3 is 0 Å². The molecule has 0 amide bonds. The molecule has 0 aliphatic carbocycles. The van der Waals surface area contributed by atoms with Crippen LogP contribution < -0.4 is 0 Å². The van der Waals surface area contributed by atoms with Crippen molar-refractivity contribution in [3.8, 4) is 0 Å². The molecule has 1 rings (SSSR count). The molecule has 1 atom stereocenters. The highest BCUT2D eigenvalue weighted by Gasteiger charge is 1.98. The topological polar surface area (TPSA) is 63.3 Å². The zero-order valence-corrected chi connectivity index (χ0v) is 7.09. The SMILES string of the molecule is Cc1nc(C=S(C)(=O)O)co1. The third-order valence-corrected chi connectivity index (χ3v) is 1.66. The van der Waals surface area contributed by atoms with Gasteiger partial charge in [0.2, 0.25) is 0 Å². The Kier molecular flexibility index (Phi) is 2.01. The minimum atomic E-state index is -2.86. The van der Waals surface area contributed by atoms with Crippen LogP contribution in [0.5, 0.6) is 0 Å². The first kappa shape index (κ1) is 8.29. The third kappa shape index (κ3) is 2.73. The lowest BCUT2D eigenvalue weighted by molar-refractivity contribution is 0.521. The van der Waals surface area contributed by atoms with E-state index in [9.17, 15) is 4.21 Å². The van der Waals surface area contributed by atoms with Gasteiger partial charge in [0.15, 0.2) is 5.89 Å². The van der Waals surface area contributed by atoms with Gasteiger partial charge in [-0.1, -0.05) is 0 Å². The molecule has 62 valence electrons. The van der Waals surface area contributed by atoms with Gasteiger partial charge in [-0.15, -0.1) is 0 Å². The molecule has 0 saturated heterocycles. The Morgan fingerprint density at radius 3 is 2.82 bits per heavy atom. The highest BCUT2D eigenvalue weighted by Crippen LogP contribution is 1.97. The summed E-state index contributed by atoms with van der Waals surface area (Å²) in [6.07, 6.45) is 2.56. The van der Waals surface area contributed by atoms with E-state index in [1.54, 1.807) is 6.92 Å². The van der Waals surface area contributed by atoms with Gasteiger partial charge in [0.05, 0.1) is 9.80 Å². The summed E-state index contributed by atoms with van der Waals surface area (Å²) in [5.41, 5.74) is 0.400. The first-order chi connectivity index (χ1) is 4.97. The van der Waals surface area contributed by atoms with E-state index >= 15 is 0 Å². The number of aryl methyl sites for hydroxylation is 1. The van der Waals surface area contributed by atoms with Crippen LogP contribution in [-0.2, 0) is 9.80 Å². The maximum absolute atomic E-state index is 10.8. The molecule has 0 aliphatic heterocycles. The summed E-state index contributed by atoms with van der Waals surface area (Å²) in [5, 5.41) is 1.17. The molecule has 1 aromatic heterocycles. The van der Waals surface area contributed by atoms with Crippen molar-refractivity contribution < 1.29 is 13.2 Å². The number of hydrogen-bond acceptors (Lipinski definition) is 3. The van der Waals surface area contributed by atoms with E-state index in [1.807, 2.05) is 0 Å². The highest BCUT2D eigenvalue weighted by molar-refractivity contribution is 7.95. The first-order valence-electron chi connectivity index (χ1n) is 2.96. The Labute approximate surface area is 65.1 Å². The van der Waals surface area contributed by atoms with Crippen molar-refractivity contribution in [1.29, 1.82) is 0 Å². The second-order valence-corrected chi connectivity index (χ2v) is 4.23. The van der Waals surface area contributed by atoms with E-state index in [0.717, 1.165) is 0 Å². The molecule has 1 aromatic rings. The fraction of sp³-hybridized carbons (Fsp3) is 0.333. The van der Waals surface area contributed by atoms with Gasteiger partial charge < -0.3 is 8.97 Å². The van der Waals surface area contributed by atoms with Gasteiger partial charge in [-0.25, -0.2) is 9.19 Å². The molecule has 11 heavy (non-hydrogen) atoms. The molecule has 1 heterocycles. The predicted molar refractivity (Wildman–Crippen MR) is 43.1 cm³/mol. The molecule has 5 heteroatoms. The van der Waals surface area contributed by atoms with Crippen molar-refractivity contribution in [2.45, 2.75) is 6.92 Å². The van der Waals surface area contributed by atoms with E-state index < -0.39 is 9.80 Å². The van der Waals surface area contributed by atoms with Crippen LogP contribution in [0.1, 0.15) is 11.6 Å². The number of nitrogens with zero attached hydrogens (tertiary/aromatic N) is 1. The number of rotatable bonds is 1. The molecule has 0 fully saturated rings. The van der Waals surface area contributed by atoms with Crippen LogP contribution in [0.2, 0.25) is 0 Å². The lowest BCUT2D eigenvalue weighted by Gasteiger charge is -1.88. The van der Waals surface area contributed by atoms with Gasteiger partial charge in [0, 0.05) is 18.5 Å². The van der Waals surface area contributed by atoms with E-state index in [2.05, 4.69) is 4.98 Å². The van der Waals surface area contributed by atoms with Crippen molar-refractivity contribution in [2.24, 2.45) is 0 Å². The lowest BCUT2D eigenvalue weighted by atomic mass is 10.6. The second kappa shape index (κ2) is 2.67. The van der Waals surface area contributed by atoms with Crippen LogP contribution >= 0.6 is 0 Å². The minimum Gasteiger partial charge on any atom is -0.449 e. The van der Waals surface area contributed by atoms with Crippen LogP contribution in [-0.4, -0.2) is 25.4 Å². The summed E-state index contributed by atoms with van der Waals surface area (Å²) < 4.78 is 24.5. The quantitative estimate of drug-likeness (QED) is 0.632. The molecule has 0 spiro atoms. The normalized spacial score (nSPS) is 15.9. The van der Waals surface area contributed by atoms with Gasteiger partial charge in [0.1, 0.15) is 12.0 Å². The number of hydrogen-bond donors (Lipinski definition) is 1. The van der Waals surface area contributed by atoms with Crippen LogP contribution in [0.4, 0.5) is 0 Å². The molecule has 0 saturated carbocycles. The monoisotopic (exact) mass is 175 g/mol. The molecule has 0 aliphatic rings. The fourth-order valence-electron chi connectivity index (χ4n) is 0.658. The summed E-state index contributed by atoms with van der Waals surface area (Å²) in [6, 6.07) is 0. The Morgan fingerprint density at radius 2 is 2.45 bits per heavy atom. The molecule has 1 N–H and O–H groups in total. The van der Waals surface area contributed by atoms with Crippen LogP contribution in [0.15, 0.2) is 10.7 Å². The molecule has 0 radical (unpaired) electrons. The van der Waals surface area contributed by atoms with Gasteiger partial charge in [-0.05, 0) is 0 Å².